The molecule has 1 heterocycles. The third-order valence-corrected chi connectivity index (χ3v) is 3.76. The summed E-state index contributed by atoms with van der Waals surface area (Å²) < 4.78 is 5.29. The van der Waals surface area contributed by atoms with Crippen molar-refractivity contribution in [2.24, 2.45) is 5.92 Å². The van der Waals surface area contributed by atoms with Crippen LogP contribution in [0.25, 0.3) is 0 Å². The molecule has 0 spiro atoms. The van der Waals surface area contributed by atoms with E-state index in [4.69, 9.17) is 4.74 Å². The molecule has 4 nitrogen and oxygen atoms in total. The number of amides is 1. The van der Waals surface area contributed by atoms with E-state index in [-0.39, 0.29) is 23.1 Å². The highest BCUT2D eigenvalue weighted by molar-refractivity contribution is 7.81. The molecular formula is C12H24N2O2S. The van der Waals surface area contributed by atoms with Crippen LogP contribution in [0.5, 0.6) is 0 Å². The zero-order valence-electron chi connectivity index (χ0n) is 11.0. The number of carbonyl (C=O) groups is 1. The number of thiol groups is 1. The van der Waals surface area contributed by atoms with Gasteiger partial charge in [-0.3, -0.25) is 9.69 Å². The van der Waals surface area contributed by atoms with Crippen molar-refractivity contribution in [3.63, 3.8) is 0 Å². The Balaban J connectivity index is 2.28. The minimum absolute atomic E-state index is 0.0316. The largest absolute Gasteiger partial charge is 0.379 e. The van der Waals surface area contributed by atoms with E-state index in [0.717, 1.165) is 32.8 Å². The summed E-state index contributed by atoms with van der Waals surface area (Å²) in [5.74, 6) is 0.290. The van der Waals surface area contributed by atoms with Crippen molar-refractivity contribution in [1.29, 1.82) is 0 Å². The molecule has 0 saturated carbocycles. The summed E-state index contributed by atoms with van der Waals surface area (Å²) in [7, 11) is 0. The monoisotopic (exact) mass is 260 g/mol. The van der Waals surface area contributed by atoms with Gasteiger partial charge in [-0.2, -0.15) is 12.6 Å². The Morgan fingerprint density at radius 1 is 1.35 bits per heavy atom. The van der Waals surface area contributed by atoms with Crippen LogP contribution in [0, 0.1) is 5.92 Å². The Kier molecular flexibility index (Phi) is 6.30. The highest BCUT2D eigenvalue weighted by atomic mass is 32.1. The van der Waals surface area contributed by atoms with Gasteiger partial charge in [0.05, 0.1) is 18.5 Å². The van der Waals surface area contributed by atoms with Crippen LogP contribution >= 0.6 is 12.6 Å². The molecule has 0 aromatic heterocycles. The zero-order chi connectivity index (χ0) is 12.8. The maximum Gasteiger partial charge on any atom is 0.233 e. The number of ether oxygens (including phenoxy) is 1. The summed E-state index contributed by atoms with van der Waals surface area (Å²) in [6.07, 6.45) is 0. The average molecular weight is 260 g/mol. The first-order valence-electron chi connectivity index (χ1n) is 6.29. The van der Waals surface area contributed by atoms with Crippen molar-refractivity contribution in [3.05, 3.63) is 0 Å². The van der Waals surface area contributed by atoms with E-state index in [2.05, 4.69) is 22.8 Å². The first kappa shape index (κ1) is 14.8. The van der Waals surface area contributed by atoms with Gasteiger partial charge >= 0.3 is 0 Å². The molecule has 0 aromatic carbocycles. The summed E-state index contributed by atoms with van der Waals surface area (Å²) in [4.78, 5) is 14.1. The maximum absolute atomic E-state index is 11.8. The average Bonchev–Trinajstić information content (AvgIpc) is 2.28. The molecule has 1 fully saturated rings. The number of carbonyl (C=O) groups excluding carboxylic acids is 1. The van der Waals surface area contributed by atoms with Crippen LogP contribution in [-0.2, 0) is 9.53 Å². The van der Waals surface area contributed by atoms with Crippen molar-refractivity contribution in [3.8, 4) is 0 Å². The minimum Gasteiger partial charge on any atom is -0.379 e. The molecule has 2 unspecified atom stereocenters. The molecule has 0 radical (unpaired) electrons. The Bertz CT molecular complexity index is 243. The molecular weight excluding hydrogens is 236 g/mol. The first-order chi connectivity index (χ1) is 8.00. The van der Waals surface area contributed by atoms with Gasteiger partial charge in [-0.05, 0) is 12.8 Å². The molecule has 0 aliphatic carbocycles. The van der Waals surface area contributed by atoms with Crippen molar-refractivity contribution < 1.29 is 9.53 Å². The maximum atomic E-state index is 11.8. The summed E-state index contributed by atoms with van der Waals surface area (Å²) in [6.45, 7) is 10.4. The summed E-state index contributed by atoms with van der Waals surface area (Å²) >= 11 is 4.31. The van der Waals surface area contributed by atoms with Gasteiger partial charge in [-0.1, -0.05) is 13.8 Å². The molecule has 100 valence electrons. The normalized spacial score (nSPS) is 21.2. The van der Waals surface area contributed by atoms with Crippen LogP contribution in [-0.4, -0.2) is 54.9 Å². The van der Waals surface area contributed by atoms with Crippen LogP contribution in [0.15, 0.2) is 0 Å². The second-order valence-corrected chi connectivity index (χ2v) is 5.57. The van der Waals surface area contributed by atoms with Gasteiger partial charge in [-0.15, -0.1) is 0 Å². The van der Waals surface area contributed by atoms with E-state index >= 15 is 0 Å². The van der Waals surface area contributed by atoms with Crippen LogP contribution < -0.4 is 5.32 Å². The van der Waals surface area contributed by atoms with Gasteiger partial charge in [-0.25, -0.2) is 0 Å². The first-order valence-corrected chi connectivity index (χ1v) is 6.81. The number of morpholine rings is 1. The molecule has 1 saturated heterocycles. The Hall–Kier alpha value is -0.260. The van der Waals surface area contributed by atoms with E-state index in [9.17, 15) is 4.79 Å². The van der Waals surface area contributed by atoms with E-state index in [0.29, 0.717) is 0 Å². The predicted octanol–water partition coefficient (Wildman–Crippen LogP) is 0.778. The van der Waals surface area contributed by atoms with Crippen molar-refractivity contribution in [1.82, 2.24) is 10.2 Å². The smallest absolute Gasteiger partial charge is 0.233 e. The quantitative estimate of drug-likeness (QED) is 0.718. The SMILES string of the molecule is CC(CN1CCOCC1)NC(=O)C(S)C(C)C. The fraction of sp³-hybridized carbons (Fsp3) is 0.917. The molecule has 1 aliphatic heterocycles. The van der Waals surface area contributed by atoms with Crippen LogP contribution in [0.4, 0.5) is 0 Å². The second kappa shape index (κ2) is 7.24. The fourth-order valence-electron chi connectivity index (χ4n) is 1.85. The standard InChI is InChI=1S/C12H24N2O2S/c1-9(2)11(17)12(15)13-10(3)8-14-4-6-16-7-5-14/h9-11,17H,4-8H2,1-3H3,(H,13,15). The van der Waals surface area contributed by atoms with E-state index in [1.54, 1.807) is 0 Å². The Morgan fingerprint density at radius 2 is 1.94 bits per heavy atom. The number of rotatable bonds is 5. The predicted molar refractivity (Wildman–Crippen MR) is 72.5 cm³/mol. The topological polar surface area (TPSA) is 41.6 Å². The number of hydrogen-bond donors (Lipinski definition) is 2. The lowest BCUT2D eigenvalue weighted by molar-refractivity contribution is -0.122. The van der Waals surface area contributed by atoms with Gasteiger partial charge in [0, 0.05) is 25.7 Å². The second-order valence-electron chi connectivity index (χ2n) is 5.01. The van der Waals surface area contributed by atoms with Gasteiger partial charge in [0.15, 0.2) is 0 Å². The third-order valence-electron chi connectivity index (χ3n) is 2.92. The number of nitrogens with zero attached hydrogens (tertiary/aromatic N) is 1. The molecule has 1 rings (SSSR count). The third kappa shape index (κ3) is 5.27. The van der Waals surface area contributed by atoms with Crippen molar-refractivity contribution in [2.75, 3.05) is 32.8 Å². The molecule has 17 heavy (non-hydrogen) atoms. The summed E-state index contributed by atoms with van der Waals surface area (Å²) in [6, 6.07) is 0.161. The molecule has 1 aliphatic rings. The molecule has 1 amide bonds. The van der Waals surface area contributed by atoms with Crippen LogP contribution in [0.3, 0.4) is 0 Å². The van der Waals surface area contributed by atoms with Gasteiger partial charge in [0.1, 0.15) is 0 Å². The lowest BCUT2D eigenvalue weighted by Crippen LogP contribution is -2.48. The van der Waals surface area contributed by atoms with E-state index < -0.39 is 0 Å². The van der Waals surface area contributed by atoms with E-state index in [1.807, 2.05) is 20.8 Å². The van der Waals surface area contributed by atoms with Gasteiger partial charge in [0.25, 0.3) is 0 Å². The zero-order valence-corrected chi connectivity index (χ0v) is 11.9. The fourth-order valence-corrected chi connectivity index (χ4v) is 1.92. The van der Waals surface area contributed by atoms with Crippen molar-refractivity contribution >= 4 is 18.5 Å². The minimum atomic E-state index is -0.220. The van der Waals surface area contributed by atoms with Crippen LogP contribution in [0.1, 0.15) is 20.8 Å². The van der Waals surface area contributed by atoms with E-state index in [1.165, 1.54) is 0 Å². The lowest BCUT2D eigenvalue weighted by Gasteiger charge is -2.30. The molecule has 2 atom stereocenters. The van der Waals surface area contributed by atoms with Gasteiger partial charge in [0.2, 0.25) is 5.91 Å². The lowest BCUT2D eigenvalue weighted by atomic mass is 10.1. The van der Waals surface area contributed by atoms with Gasteiger partial charge < -0.3 is 10.1 Å². The summed E-state index contributed by atoms with van der Waals surface area (Å²) in [5, 5.41) is 2.79. The highest BCUT2D eigenvalue weighted by Gasteiger charge is 2.20. The molecule has 5 heteroatoms. The Labute approximate surface area is 109 Å². The number of hydrogen-bond acceptors (Lipinski definition) is 4. The summed E-state index contributed by atoms with van der Waals surface area (Å²) in [5.41, 5.74) is 0. The Morgan fingerprint density at radius 3 is 2.47 bits per heavy atom. The molecule has 0 aromatic rings. The molecule has 0 bridgehead atoms. The molecule has 1 N–H and O–H groups in total. The number of nitrogens with one attached hydrogen (secondary N) is 1. The highest BCUT2D eigenvalue weighted by Crippen LogP contribution is 2.09. The van der Waals surface area contributed by atoms with Crippen molar-refractivity contribution in [2.45, 2.75) is 32.1 Å². The van der Waals surface area contributed by atoms with Crippen LogP contribution in [0.2, 0.25) is 0 Å².